The molecule has 104 valence electrons. The van der Waals surface area contributed by atoms with E-state index in [0.29, 0.717) is 19.5 Å². The molecule has 1 aromatic carbocycles. The van der Waals surface area contributed by atoms with Crippen LogP contribution in [0.5, 0.6) is 0 Å². The standard InChI is InChI=1S/C16H24N2O/c1-2-3-5-11-16(19)18(13-8-12-17)14-15-9-6-4-7-10-15/h2,4,6-7,9-10H,1,3,5,8,11-14,17H2. The molecule has 0 radical (unpaired) electrons. The molecule has 0 atom stereocenters. The first kappa shape index (κ1) is 15.4. The van der Waals surface area contributed by atoms with Gasteiger partial charge in [-0.15, -0.1) is 6.58 Å². The van der Waals surface area contributed by atoms with Gasteiger partial charge in [-0.05, 0) is 31.4 Å². The van der Waals surface area contributed by atoms with Crippen LogP contribution in [0.4, 0.5) is 0 Å². The molecule has 0 fully saturated rings. The van der Waals surface area contributed by atoms with Crippen molar-refractivity contribution < 1.29 is 4.79 Å². The Labute approximate surface area is 116 Å². The fraction of sp³-hybridized carbons (Fsp3) is 0.438. The number of nitrogens with zero attached hydrogens (tertiary/aromatic N) is 1. The molecule has 19 heavy (non-hydrogen) atoms. The maximum atomic E-state index is 12.2. The van der Waals surface area contributed by atoms with Gasteiger partial charge in [-0.3, -0.25) is 4.79 Å². The number of benzene rings is 1. The van der Waals surface area contributed by atoms with E-state index < -0.39 is 0 Å². The molecule has 0 saturated carbocycles. The highest BCUT2D eigenvalue weighted by Gasteiger charge is 2.12. The molecule has 1 aromatic rings. The third kappa shape index (κ3) is 6.20. The van der Waals surface area contributed by atoms with Gasteiger partial charge in [0, 0.05) is 19.5 Å². The summed E-state index contributed by atoms with van der Waals surface area (Å²) in [5.74, 6) is 0.208. The Morgan fingerprint density at radius 2 is 2.00 bits per heavy atom. The molecule has 2 N–H and O–H groups in total. The van der Waals surface area contributed by atoms with Crippen LogP contribution in [0.15, 0.2) is 43.0 Å². The average Bonchev–Trinajstić information content (AvgIpc) is 2.44. The Morgan fingerprint density at radius 3 is 2.63 bits per heavy atom. The maximum Gasteiger partial charge on any atom is 0.222 e. The van der Waals surface area contributed by atoms with Crippen molar-refractivity contribution in [2.75, 3.05) is 13.1 Å². The van der Waals surface area contributed by atoms with E-state index in [1.54, 1.807) is 0 Å². The third-order valence-corrected chi connectivity index (χ3v) is 3.00. The quantitative estimate of drug-likeness (QED) is 0.548. The van der Waals surface area contributed by atoms with Gasteiger partial charge in [0.05, 0.1) is 0 Å². The van der Waals surface area contributed by atoms with Crippen LogP contribution in [0.3, 0.4) is 0 Å². The van der Waals surface area contributed by atoms with Crippen molar-refractivity contribution in [1.29, 1.82) is 0 Å². The summed E-state index contributed by atoms with van der Waals surface area (Å²) in [6, 6.07) is 10.1. The first-order valence-corrected chi connectivity index (χ1v) is 6.90. The normalized spacial score (nSPS) is 10.2. The minimum absolute atomic E-state index is 0.208. The van der Waals surface area contributed by atoms with E-state index in [2.05, 4.69) is 6.58 Å². The van der Waals surface area contributed by atoms with E-state index in [0.717, 1.165) is 31.4 Å². The van der Waals surface area contributed by atoms with Crippen LogP contribution in [-0.2, 0) is 11.3 Å². The maximum absolute atomic E-state index is 12.2. The number of amides is 1. The van der Waals surface area contributed by atoms with Gasteiger partial charge in [0.2, 0.25) is 5.91 Å². The molecular formula is C16H24N2O. The van der Waals surface area contributed by atoms with Gasteiger partial charge >= 0.3 is 0 Å². The van der Waals surface area contributed by atoms with E-state index in [1.807, 2.05) is 41.3 Å². The number of nitrogens with two attached hydrogens (primary N) is 1. The molecule has 0 aliphatic rings. The summed E-state index contributed by atoms with van der Waals surface area (Å²) >= 11 is 0. The fourth-order valence-electron chi connectivity index (χ4n) is 1.93. The van der Waals surface area contributed by atoms with E-state index in [4.69, 9.17) is 5.73 Å². The largest absolute Gasteiger partial charge is 0.338 e. The Bertz CT molecular complexity index is 376. The molecule has 0 aliphatic carbocycles. The fourth-order valence-corrected chi connectivity index (χ4v) is 1.93. The van der Waals surface area contributed by atoms with Crippen molar-refractivity contribution in [2.24, 2.45) is 5.73 Å². The van der Waals surface area contributed by atoms with Gasteiger partial charge < -0.3 is 10.6 Å². The van der Waals surface area contributed by atoms with Crippen LogP contribution >= 0.6 is 0 Å². The van der Waals surface area contributed by atoms with Crippen molar-refractivity contribution in [2.45, 2.75) is 32.2 Å². The Kier molecular flexibility index (Phi) is 7.59. The predicted molar refractivity (Wildman–Crippen MR) is 79.6 cm³/mol. The highest BCUT2D eigenvalue weighted by atomic mass is 16.2. The van der Waals surface area contributed by atoms with Crippen molar-refractivity contribution in [3.8, 4) is 0 Å². The van der Waals surface area contributed by atoms with Crippen molar-refractivity contribution in [3.05, 3.63) is 48.6 Å². The topological polar surface area (TPSA) is 46.3 Å². The van der Waals surface area contributed by atoms with E-state index in [9.17, 15) is 4.79 Å². The third-order valence-electron chi connectivity index (χ3n) is 3.00. The zero-order valence-electron chi connectivity index (χ0n) is 11.6. The summed E-state index contributed by atoms with van der Waals surface area (Å²) in [6.07, 6.45) is 5.05. The number of hydrogen-bond donors (Lipinski definition) is 1. The zero-order valence-corrected chi connectivity index (χ0v) is 11.6. The Balaban J connectivity index is 2.55. The molecule has 0 unspecified atom stereocenters. The van der Waals surface area contributed by atoms with Crippen molar-refractivity contribution >= 4 is 5.91 Å². The molecule has 0 spiro atoms. The molecule has 3 nitrogen and oxygen atoms in total. The molecule has 0 bridgehead atoms. The Morgan fingerprint density at radius 1 is 1.26 bits per heavy atom. The number of rotatable bonds is 9. The van der Waals surface area contributed by atoms with E-state index >= 15 is 0 Å². The molecule has 0 aromatic heterocycles. The molecule has 1 rings (SSSR count). The number of allylic oxidation sites excluding steroid dienone is 1. The summed E-state index contributed by atoms with van der Waals surface area (Å²) < 4.78 is 0. The summed E-state index contributed by atoms with van der Waals surface area (Å²) in [4.78, 5) is 14.1. The first-order chi connectivity index (χ1) is 9.27. The molecular weight excluding hydrogens is 236 g/mol. The number of carbonyl (C=O) groups excluding carboxylic acids is 1. The SMILES string of the molecule is C=CCCCC(=O)N(CCCN)Cc1ccccc1. The second-order valence-electron chi connectivity index (χ2n) is 4.62. The first-order valence-electron chi connectivity index (χ1n) is 6.90. The van der Waals surface area contributed by atoms with Crippen LogP contribution in [0.25, 0.3) is 0 Å². The summed E-state index contributed by atoms with van der Waals surface area (Å²) in [7, 11) is 0. The van der Waals surface area contributed by atoms with Gasteiger partial charge in [-0.2, -0.15) is 0 Å². The number of hydrogen-bond acceptors (Lipinski definition) is 2. The van der Waals surface area contributed by atoms with Crippen molar-refractivity contribution in [1.82, 2.24) is 4.90 Å². The monoisotopic (exact) mass is 260 g/mol. The molecule has 0 saturated heterocycles. The lowest BCUT2D eigenvalue weighted by molar-refractivity contribution is -0.132. The van der Waals surface area contributed by atoms with Gasteiger partial charge in [0.25, 0.3) is 0 Å². The van der Waals surface area contributed by atoms with Crippen LogP contribution in [-0.4, -0.2) is 23.9 Å². The molecule has 0 aliphatic heterocycles. The second kappa shape index (κ2) is 9.34. The number of carbonyl (C=O) groups is 1. The van der Waals surface area contributed by atoms with Crippen molar-refractivity contribution in [3.63, 3.8) is 0 Å². The zero-order chi connectivity index (χ0) is 13.9. The minimum Gasteiger partial charge on any atom is -0.338 e. The predicted octanol–water partition coefficient (Wildman–Crippen LogP) is 2.72. The van der Waals surface area contributed by atoms with Gasteiger partial charge in [0.1, 0.15) is 0 Å². The molecule has 1 amide bonds. The molecule has 0 heterocycles. The van der Waals surface area contributed by atoms with Crippen LogP contribution in [0.2, 0.25) is 0 Å². The highest BCUT2D eigenvalue weighted by Crippen LogP contribution is 2.08. The van der Waals surface area contributed by atoms with Crippen LogP contribution in [0, 0.1) is 0 Å². The summed E-state index contributed by atoms with van der Waals surface area (Å²) in [5, 5.41) is 0. The van der Waals surface area contributed by atoms with E-state index in [-0.39, 0.29) is 5.91 Å². The van der Waals surface area contributed by atoms with Gasteiger partial charge in [-0.25, -0.2) is 0 Å². The van der Waals surface area contributed by atoms with E-state index in [1.165, 1.54) is 0 Å². The smallest absolute Gasteiger partial charge is 0.222 e. The van der Waals surface area contributed by atoms with Crippen LogP contribution < -0.4 is 5.73 Å². The number of unbranched alkanes of at least 4 members (excludes halogenated alkanes) is 1. The Hall–Kier alpha value is -1.61. The van der Waals surface area contributed by atoms with Gasteiger partial charge in [-0.1, -0.05) is 36.4 Å². The second-order valence-corrected chi connectivity index (χ2v) is 4.62. The average molecular weight is 260 g/mol. The molecule has 3 heteroatoms. The summed E-state index contributed by atoms with van der Waals surface area (Å²) in [6.45, 7) is 5.70. The highest BCUT2D eigenvalue weighted by molar-refractivity contribution is 5.76. The lowest BCUT2D eigenvalue weighted by Gasteiger charge is -2.22. The lowest BCUT2D eigenvalue weighted by atomic mass is 10.1. The van der Waals surface area contributed by atoms with Gasteiger partial charge in [0.15, 0.2) is 0 Å². The van der Waals surface area contributed by atoms with Crippen LogP contribution in [0.1, 0.15) is 31.2 Å². The lowest BCUT2D eigenvalue weighted by Crippen LogP contribution is -2.32. The minimum atomic E-state index is 0.208. The summed E-state index contributed by atoms with van der Waals surface area (Å²) in [5.41, 5.74) is 6.70.